The van der Waals surface area contributed by atoms with Crippen molar-refractivity contribution >= 4 is 15.9 Å². The third-order valence-electron chi connectivity index (χ3n) is 2.78. The monoisotopic (exact) mass is 333 g/mol. The van der Waals surface area contributed by atoms with E-state index in [-0.39, 0.29) is 0 Å². The van der Waals surface area contributed by atoms with Crippen LogP contribution in [0, 0.1) is 17.2 Å². The van der Waals surface area contributed by atoms with Crippen molar-refractivity contribution in [2.45, 2.75) is 20.4 Å². The molecule has 0 atom stereocenters. The van der Waals surface area contributed by atoms with E-state index in [0.29, 0.717) is 18.0 Å². The molecule has 0 fully saturated rings. The van der Waals surface area contributed by atoms with E-state index in [9.17, 15) is 0 Å². The van der Waals surface area contributed by atoms with Gasteiger partial charge in [0.1, 0.15) is 0 Å². The summed E-state index contributed by atoms with van der Waals surface area (Å²) in [4.78, 5) is 0. The summed E-state index contributed by atoms with van der Waals surface area (Å²) >= 11 is 3.47. The fourth-order valence-electron chi connectivity index (χ4n) is 1.82. The van der Waals surface area contributed by atoms with Gasteiger partial charge in [-0.15, -0.1) is 5.10 Å². The second-order valence-corrected chi connectivity index (χ2v) is 5.79. The summed E-state index contributed by atoms with van der Waals surface area (Å²) in [6.45, 7) is 5.98. The van der Waals surface area contributed by atoms with Crippen LogP contribution < -0.4 is 5.32 Å². The lowest BCUT2D eigenvalue weighted by molar-refractivity contribution is 0.542. The summed E-state index contributed by atoms with van der Waals surface area (Å²) in [5.41, 5.74) is 2.47. The van der Waals surface area contributed by atoms with Gasteiger partial charge in [-0.25, -0.2) is 4.68 Å². The molecule has 0 aliphatic rings. The number of nitriles is 1. The predicted octanol–water partition coefficient (Wildman–Crippen LogP) is 2.65. The van der Waals surface area contributed by atoms with E-state index in [1.54, 1.807) is 23.0 Å². The number of benzene rings is 1. The van der Waals surface area contributed by atoms with Gasteiger partial charge in [-0.2, -0.15) is 5.26 Å². The minimum absolute atomic E-state index is 0.598. The molecule has 0 amide bonds. The summed E-state index contributed by atoms with van der Waals surface area (Å²) in [5.74, 6) is 0.598. The number of aromatic nitrogens is 3. The lowest BCUT2D eigenvalue weighted by Gasteiger charge is -2.10. The highest BCUT2D eigenvalue weighted by Gasteiger charge is 2.10. The van der Waals surface area contributed by atoms with E-state index in [1.165, 1.54) is 0 Å². The largest absolute Gasteiger partial charge is 0.311 e. The number of hydrogen-bond donors (Lipinski definition) is 1. The van der Waals surface area contributed by atoms with E-state index in [1.807, 2.05) is 6.07 Å². The quantitative estimate of drug-likeness (QED) is 0.913. The fourth-order valence-corrected chi connectivity index (χ4v) is 2.36. The number of hydrogen-bond acceptors (Lipinski definition) is 4. The zero-order valence-corrected chi connectivity index (χ0v) is 13.1. The van der Waals surface area contributed by atoms with Gasteiger partial charge in [0.2, 0.25) is 0 Å². The molecule has 1 aromatic heterocycles. The molecule has 0 saturated heterocycles. The number of halogens is 1. The Bertz CT molecular complexity index is 627. The molecule has 0 bridgehead atoms. The average molecular weight is 334 g/mol. The Kier molecular flexibility index (Phi) is 4.88. The summed E-state index contributed by atoms with van der Waals surface area (Å²) in [6, 6.07) is 7.53. The van der Waals surface area contributed by atoms with E-state index >= 15 is 0 Å². The third kappa shape index (κ3) is 3.44. The van der Waals surface area contributed by atoms with Gasteiger partial charge in [-0.05, 0) is 46.6 Å². The fraction of sp³-hybridized carbons (Fsp3) is 0.357. The van der Waals surface area contributed by atoms with Crippen LogP contribution >= 0.6 is 15.9 Å². The molecule has 20 heavy (non-hydrogen) atoms. The molecule has 0 aliphatic carbocycles. The van der Waals surface area contributed by atoms with Crippen LogP contribution in [0.1, 0.15) is 25.1 Å². The van der Waals surface area contributed by atoms with Crippen molar-refractivity contribution < 1.29 is 0 Å². The minimum atomic E-state index is 0.598. The molecule has 2 aromatic rings. The van der Waals surface area contributed by atoms with Crippen LogP contribution in [0.5, 0.6) is 0 Å². The van der Waals surface area contributed by atoms with E-state index in [0.717, 1.165) is 22.4 Å². The Labute approximate surface area is 126 Å². The summed E-state index contributed by atoms with van der Waals surface area (Å²) in [5, 5.41) is 20.3. The van der Waals surface area contributed by atoms with Crippen LogP contribution in [-0.2, 0) is 6.54 Å². The second kappa shape index (κ2) is 6.64. The molecule has 104 valence electrons. The van der Waals surface area contributed by atoms with Crippen molar-refractivity contribution in [3.63, 3.8) is 0 Å². The smallest absolute Gasteiger partial charge is 0.0992 e. The molecule has 2 rings (SSSR count). The van der Waals surface area contributed by atoms with Crippen molar-refractivity contribution in [3.05, 3.63) is 40.1 Å². The van der Waals surface area contributed by atoms with Crippen LogP contribution in [-0.4, -0.2) is 21.5 Å². The van der Waals surface area contributed by atoms with Crippen LogP contribution in [0.25, 0.3) is 5.69 Å². The maximum absolute atomic E-state index is 8.89. The zero-order valence-electron chi connectivity index (χ0n) is 11.5. The van der Waals surface area contributed by atoms with Crippen LogP contribution in [0.2, 0.25) is 0 Å². The standard InChI is InChI=1S/C14H16BrN5/c1-10(2)7-17-8-12-9-18-19-20(12)14-4-3-11(6-16)5-13(14)15/h3-5,9-10,17H,7-8H2,1-2H3. The Morgan fingerprint density at radius 3 is 2.90 bits per heavy atom. The summed E-state index contributed by atoms with van der Waals surface area (Å²) in [6.07, 6.45) is 1.75. The van der Waals surface area contributed by atoms with Gasteiger partial charge >= 0.3 is 0 Å². The molecule has 6 heteroatoms. The molecule has 0 saturated carbocycles. The first-order valence-electron chi connectivity index (χ1n) is 6.42. The van der Waals surface area contributed by atoms with E-state index < -0.39 is 0 Å². The van der Waals surface area contributed by atoms with Crippen molar-refractivity contribution in [2.75, 3.05) is 6.54 Å². The summed E-state index contributed by atoms with van der Waals surface area (Å²) in [7, 11) is 0. The summed E-state index contributed by atoms with van der Waals surface area (Å²) < 4.78 is 2.60. The molecule has 0 spiro atoms. The van der Waals surface area contributed by atoms with E-state index in [4.69, 9.17) is 5.26 Å². The van der Waals surface area contributed by atoms with Crippen LogP contribution in [0.15, 0.2) is 28.9 Å². The van der Waals surface area contributed by atoms with Crippen LogP contribution in [0.4, 0.5) is 0 Å². The van der Waals surface area contributed by atoms with Gasteiger partial charge in [0.15, 0.2) is 0 Å². The van der Waals surface area contributed by atoms with Crippen molar-refractivity contribution in [1.82, 2.24) is 20.3 Å². The first kappa shape index (κ1) is 14.7. The Morgan fingerprint density at radius 1 is 1.45 bits per heavy atom. The van der Waals surface area contributed by atoms with Gasteiger partial charge < -0.3 is 5.32 Å². The maximum Gasteiger partial charge on any atom is 0.0992 e. The molecule has 1 N–H and O–H groups in total. The first-order valence-corrected chi connectivity index (χ1v) is 7.21. The van der Waals surface area contributed by atoms with Gasteiger partial charge in [0.25, 0.3) is 0 Å². The third-order valence-corrected chi connectivity index (χ3v) is 3.42. The highest BCUT2D eigenvalue weighted by Crippen LogP contribution is 2.22. The highest BCUT2D eigenvalue weighted by atomic mass is 79.9. The molecular weight excluding hydrogens is 318 g/mol. The number of rotatable bonds is 5. The van der Waals surface area contributed by atoms with E-state index in [2.05, 4.69) is 51.5 Å². The Hall–Kier alpha value is -1.71. The molecule has 0 radical (unpaired) electrons. The van der Waals surface area contributed by atoms with Gasteiger partial charge in [-0.1, -0.05) is 19.1 Å². The van der Waals surface area contributed by atoms with Crippen molar-refractivity contribution in [2.24, 2.45) is 5.92 Å². The van der Waals surface area contributed by atoms with Gasteiger partial charge in [0.05, 0.1) is 29.2 Å². The average Bonchev–Trinajstić information content (AvgIpc) is 2.86. The minimum Gasteiger partial charge on any atom is -0.311 e. The zero-order chi connectivity index (χ0) is 14.5. The molecule has 1 heterocycles. The molecule has 1 aromatic carbocycles. The number of nitrogens with one attached hydrogen (secondary N) is 1. The molecular formula is C14H16BrN5. The lowest BCUT2D eigenvalue weighted by atomic mass is 10.2. The topological polar surface area (TPSA) is 66.5 Å². The lowest BCUT2D eigenvalue weighted by Crippen LogP contribution is -2.20. The normalized spacial score (nSPS) is 10.8. The molecule has 0 unspecified atom stereocenters. The SMILES string of the molecule is CC(C)CNCc1cnnn1-c1ccc(C#N)cc1Br. The van der Waals surface area contributed by atoms with Crippen LogP contribution in [0.3, 0.4) is 0 Å². The van der Waals surface area contributed by atoms with Crippen molar-refractivity contribution in [1.29, 1.82) is 5.26 Å². The van der Waals surface area contributed by atoms with Gasteiger partial charge in [0, 0.05) is 11.0 Å². The molecule has 5 nitrogen and oxygen atoms in total. The first-order chi connectivity index (χ1) is 9.61. The van der Waals surface area contributed by atoms with Gasteiger partial charge in [-0.3, -0.25) is 0 Å². The Balaban J connectivity index is 2.21. The van der Waals surface area contributed by atoms with Crippen molar-refractivity contribution in [3.8, 4) is 11.8 Å². The maximum atomic E-state index is 8.89. The Morgan fingerprint density at radius 2 is 2.25 bits per heavy atom. The highest BCUT2D eigenvalue weighted by molar-refractivity contribution is 9.10. The predicted molar refractivity (Wildman–Crippen MR) is 80.3 cm³/mol. The molecule has 0 aliphatic heterocycles. The number of nitrogens with zero attached hydrogens (tertiary/aromatic N) is 4. The second-order valence-electron chi connectivity index (χ2n) is 4.94.